The van der Waals surface area contributed by atoms with Crippen molar-refractivity contribution < 1.29 is 23.7 Å². The zero-order valence-corrected chi connectivity index (χ0v) is 8.44. The number of rotatable bonds is 2. The number of aliphatic hydroxyl groups is 1. The molecule has 0 aliphatic carbocycles. The molecule has 0 amide bonds. The van der Waals surface area contributed by atoms with Crippen molar-refractivity contribution in [2.24, 2.45) is 0 Å². The van der Waals surface area contributed by atoms with Crippen LogP contribution in [0, 0.1) is 5.82 Å². The van der Waals surface area contributed by atoms with Crippen LogP contribution >= 0.6 is 0 Å². The molecule has 0 atom stereocenters. The monoisotopic (exact) mass is 224 g/mol. The van der Waals surface area contributed by atoms with Crippen molar-refractivity contribution in [2.45, 2.75) is 0 Å². The molecule has 1 aromatic carbocycles. The van der Waals surface area contributed by atoms with Crippen molar-refractivity contribution in [2.75, 3.05) is 7.11 Å². The molecule has 0 saturated heterocycles. The predicted octanol–water partition coefficient (Wildman–Crippen LogP) is 2.50. The van der Waals surface area contributed by atoms with Gasteiger partial charge in [-0.2, -0.15) is 0 Å². The summed E-state index contributed by atoms with van der Waals surface area (Å²) in [4.78, 5) is 0. The smallest absolute Gasteiger partial charge is 0.374 e. The zero-order valence-electron chi connectivity index (χ0n) is 8.44. The molecule has 0 spiro atoms. The first-order valence-electron chi connectivity index (χ1n) is 4.48. The van der Waals surface area contributed by atoms with E-state index < -0.39 is 5.95 Å². The van der Waals surface area contributed by atoms with E-state index in [4.69, 9.17) is 9.47 Å². The van der Waals surface area contributed by atoms with Crippen LogP contribution in [0.25, 0.3) is 5.76 Å². The zero-order chi connectivity index (χ0) is 11.5. The minimum Gasteiger partial charge on any atom is -0.476 e. The van der Waals surface area contributed by atoms with Crippen molar-refractivity contribution in [1.82, 2.24) is 0 Å². The van der Waals surface area contributed by atoms with Gasteiger partial charge in [-0.1, -0.05) is 0 Å². The lowest BCUT2D eigenvalue weighted by atomic mass is 10.2. The van der Waals surface area contributed by atoms with Gasteiger partial charge < -0.3 is 19.3 Å². The summed E-state index contributed by atoms with van der Waals surface area (Å²) in [6, 6.07) is 5.68. The van der Waals surface area contributed by atoms with Crippen LogP contribution in [-0.4, -0.2) is 12.2 Å². The largest absolute Gasteiger partial charge is 0.476 e. The fourth-order valence-electron chi connectivity index (χ4n) is 1.17. The van der Waals surface area contributed by atoms with Gasteiger partial charge in [0.15, 0.2) is 5.76 Å². The molecular formula is C11H9FO4. The number of hydrogen-bond donors (Lipinski definition) is 1. The summed E-state index contributed by atoms with van der Waals surface area (Å²) >= 11 is 0. The molecule has 0 bridgehead atoms. The van der Waals surface area contributed by atoms with Crippen molar-refractivity contribution in [3.05, 3.63) is 53.8 Å². The lowest BCUT2D eigenvalue weighted by Gasteiger charge is -2.03. The average molecular weight is 224 g/mol. The van der Waals surface area contributed by atoms with E-state index in [0.29, 0.717) is 11.3 Å². The Balaban J connectivity index is 2.18. The highest BCUT2D eigenvalue weighted by molar-refractivity contribution is 5.60. The molecule has 1 N–H and O–H groups in total. The summed E-state index contributed by atoms with van der Waals surface area (Å²) in [5, 5.41) is 9.18. The van der Waals surface area contributed by atoms with Crippen molar-refractivity contribution in [3.63, 3.8) is 0 Å². The summed E-state index contributed by atoms with van der Waals surface area (Å²) in [6.45, 7) is 0. The Morgan fingerprint density at radius 2 is 2.00 bits per heavy atom. The highest BCUT2D eigenvalue weighted by Crippen LogP contribution is 2.27. The van der Waals surface area contributed by atoms with E-state index in [1.807, 2.05) is 0 Å². The highest BCUT2D eigenvalue weighted by Gasteiger charge is 2.20. The van der Waals surface area contributed by atoms with Gasteiger partial charge in [-0.15, -0.1) is 0 Å². The standard InChI is InChI=1S/C11H9FO4/c1-14-10(13)11-15-6-9(16-11)7-2-4-8(12)5-3-7/h2-6,13H,1H3/b11-10-. The quantitative estimate of drug-likeness (QED) is 0.784. The first-order valence-corrected chi connectivity index (χ1v) is 4.48. The molecule has 4 nitrogen and oxygen atoms in total. The molecule has 1 aliphatic heterocycles. The van der Waals surface area contributed by atoms with Gasteiger partial charge in [0.1, 0.15) is 12.1 Å². The maximum Gasteiger partial charge on any atom is 0.374 e. The van der Waals surface area contributed by atoms with E-state index in [9.17, 15) is 9.50 Å². The third-order valence-electron chi connectivity index (χ3n) is 1.97. The molecule has 1 aromatic rings. The highest BCUT2D eigenvalue weighted by atomic mass is 19.1. The number of methoxy groups -OCH3 is 1. The van der Waals surface area contributed by atoms with Crippen LogP contribution in [0.1, 0.15) is 5.56 Å². The van der Waals surface area contributed by atoms with Crippen LogP contribution in [0.4, 0.5) is 4.39 Å². The van der Waals surface area contributed by atoms with E-state index >= 15 is 0 Å². The van der Waals surface area contributed by atoms with Crippen molar-refractivity contribution in [1.29, 1.82) is 0 Å². The Hall–Kier alpha value is -2.17. The van der Waals surface area contributed by atoms with Gasteiger partial charge in [0.25, 0.3) is 0 Å². The molecule has 0 fully saturated rings. The van der Waals surface area contributed by atoms with E-state index in [-0.39, 0.29) is 11.8 Å². The second kappa shape index (κ2) is 4.14. The Kier molecular flexibility index (Phi) is 2.68. The number of halogens is 1. The SMILES string of the molecule is CO/C(O)=C1/OC=C(c2ccc(F)cc2)O1. The normalized spacial score (nSPS) is 17.2. The van der Waals surface area contributed by atoms with Crippen LogP contribution in [0.5, 0.6) is 0 Å². The van der Waals surface area contributed by atoms with Gasteiger partial charge in [-0.25, -0.2) is 4.39 Å². The molecule has 0 radical (unpaired) electrons. The van der Waals surface area contributed by atoms with Gasteiger partial charge in [0.05, 0.1) is 7.11 Å². The number of benzene rings is 1. The van der Waals surface area contributed by atoms with Gasteiger partial charge in [-0.05, 0) is 24.3 Å². The molecular weight excluding hydrogens is 215 g/mol. The molecule has 5 heteroatoms. The summed E-state index contributed by atoms with van der Waals surface area (Å²) in [7, 11) is 1.28. The Labute approximate surface area is 91.2 Å². The third-order valence-corrected chi connectivity index (χ3v) is 1.97. The predicted molar refractivity (Wildman–Crippen MR) is 53.2 cm³/mol. The number of ether oxygens (including phenoxy) is 3. The van der Waals surface area contributed by atoms with E-state index in [0.717, 1.165) is 0 Å². The first kappa shape index (κ1) is 10.4. The van der Waals surface area contributed by atoms with Gasteiger partial charge in [-0.3, -0.25) is 0 Å². The fourth-order valence-corrected chi connectivity index (χ4v) is 1.17. The lowest BCUT2D eigenvalue weighted by Crippen LogP contribution is -1.94. The Bertz CT molecular complexity index is 448. The maximum atomic E-state index is 12.7. The van der Waals surface area contributed by atoms with Crippen molar-refractivity contribution >= 4 is 5.76 Å². The molecule has 16 heavy (non-hydrogen) atoms. The number of hydrogen-bond acceptors (Lipinski definition) is 4. The minimum atomic E-state index is -0.451. The molecule has 0 aromatic heterocycles. The third kappa shape index (κ3) is 1.93. The molecule has 2 rings (SSSR count). The Morgan fingerprint density at radius 1 is 1.31 bits per heavy atom. The van der Waals surface area contributed by atoms with Crippen LogP contribution in [0.15, 0.2) is 42.4 Å². The average Bonchev–Trinajstić information content (AvgIpc) is 2.78. The van der Waals surface area contributed by atoms with E-state index in [1.165, 1.54) is 37.6 Å². The van der Waals surface area contributed by atoms with Crippen LogP contribution in [0.3, 0.4) is 0 Å². The van der Waals surface area contributed by atoms with Crippen LogP contribution < -0.4 is 0 Å². The van der Waals surface area contributed by atoms with Crippen molar-refractivity contribution in [3.8, 4) is 0 Å². The molecule has 84 valence electrons. The Morgan fingerprint density at radius 3 is 2.62 bits per heavy atom. The molecule has 1 aliphatic rings. The van der Waals surface area contributed by atoms with Gasteiger partial charge in [0.2, 0.25) is 0 Å². The summed E-state index contributed by atoms with van der Waals surface area (Å²) in [5.74, 6) is -0.549. The second-order valence-electron chi connectivity index (χ2n) is 3.01. The van der Waals surface area contributed by atoms with Gasteiger partial charge in [0, 0.05) is 5.56 Å². The second-order valence-corrected chi connectivity index (χ2v) is 3.01. The topological polar surface area (TPSA) is 47.9 Å². The molecule has 1 heterocycles. The minimum absolute atomic E-state index is 0.137. The summed E-state index contributed by atoms with van der Waals surface area (Å²) in [5.41, 5.74) is 0.639. The first-order chi connectivity index (χ1) is 7.70. The summed E-state index contributed by atoms with van der Waals surface area (Å²) in [6.07, 6.45) is 1.30. The van der Waals surface area contributed by atoms with E-state index in [2.05, 4.69) is 4.74 Å². The van der Waals surface area contributed by atoms with Crippen LogP contribution in [0.2, 0.25) is 0 Å². The van der Waals surface area contributed by atoms with E-state index in [1.54, 1.807) is 0 Å². The molecule has 0 unspecified atom stereocenters. The fraction of sp³-hybridized carbons (Fsp3) is 0.0909. The van der Waals surface area contributed by atoms with Crippen LogP contribution in [-0.2, 0) is 14.2 Å². The maximum absolute atomic E-state index is 12.7. The lowest BCUT2D eigenvalue weighted by molar-refractivity contribution is 0.0708. The van der Waals surface area contributed by atoms with Gasteiger partial charge >= 0.3 is 11.9 Å². The molecule has 0 saturated carbocycles. The summed E-state index contributed by atoms with van der Waals surface area (Å²) < 4.78 is 27.3. The number of aliphatic hydroxyl groups excluding tert-OH is 1.